The van der Waals surface area contributed by atoms with Crippen LogP contribution in [0.15, 0.2) is 48.7 Å². The number of carbonyl (C=O) groups is 2. The molecule has 6 nitrogen and oxygen atoms in total. The Morgan fingerprint density at radius 2 is 1.93 bits per heavy atom. The molecule has 1 saturated heterocycles. The number of benzene rings is 1. The molecule has 2 aliphatic rings. The third kappa shape index (κ3) is 4.10. The maximum absolute atomic E-state index is 13.0. The molecule has 1 aliphatic carbocycles. The van der Waals surface area contributed by atoms with Crippen molar-refractivity contribution in [2.24, 2.45) is 0 Å². The first-order chi connectivity index (χ1) is 13.1. The van der Waals surface area contributed by atoms with Crippen LogP contribution >= 0.6 is 0 Å². The number of amides is 2. The molecule has 0 unspecified atom stereocenters. The molecule has 1 aliphatic heterocycles. The fourth-order valence-electron chi connectivity index (χ4n) is 3.33. The number of hydrogen-bond donors (Lipinski definition) is 1. The topological polar surface area (TPSA) is 71.5 Å². The summed E-state index contributed by atoms with van der Waals surface area (Å²) in [6.07, 6.45) is 3.86. The van der Waals surface area contributed by atoms with Crippen LogP contribution in [0.2, 0.25) is 0 Å². The fourth-order valence-corrected chi connectivity index (χ4v) is 3.33. The van der Waals surface area contributed by atoms with E-state index in [9.17, 15) is 9.59 Å². The summed E-state index contributed by atoms with van der Waals surface area (Å²) < 4.78 is 6.02. The molecule has 140 valence electrons. The van der Waals surface area contributed by atoms with Crippen LogP contribution in [-0.2, 0) is 4.79 Å². The van der Waals surface area contributed by atoms with Gasteiger partial charge >= 0.3 is 0 Å². The maximum Gasteiger partial charge on any atom is 0.256 e. The minimum absolute atomic E-state index is 0.0925. The number of aryl methyl sites for hydroxylation is 1. The van der Waals surface area contributed by atoms with Gasteiger partial charge in [-0.05, 0) is 44.0 Å². The standard InChI is InChI=1S/C21H23N3O3/c1-14-7-8-15(12-22-14)21(26)24-13-18(27-17-5-3-2-4-6-17)11-19(24)20(25)23-16-9-10-16/h2-8,12,16,18-19H,9-11,13H2,1H3,(H,23,25)/t18-,19-/m0/s1. The number of nitrogens with zero attached hydrogens (tertiary/aromatic N) is 2. The van der Waals surface area contributed by atoms with Gasteiger partial charge in [0.25, 0.3) is 5.91 Å². The lowest BCUT2D eigenvalue weighted by Crippen LogP contribution is -2.46. The molecule has 27 heavy (non-hydrogen) atoms. The van der Waals surface area contributed by atoms with Gasteiger partial charge in [-0.25, -0.2) is 0 Å². The molecule has 1 saturated carbocycles. The normalized spacial score (nSPS) is 21.7. The van der Waals surface area contributed by atoms with E-state index in [2.05, 4.69) is 10.3 Å². The number of ether oxygens (including phenoxy) is 1. The van der Waals surface area contributed by atoms with Gasteiger partial charge < -0.3 is 15.0 Å². The Morgan fingerprint density at radius 1 is 1.15 bits per heavy atom. The van der Waals surface area contributed by atoms with Gasteiger partial charge in [0.15, 0.2) is 0 Å². The van der Waals surface area contributed by atoms with E-state index in [4.69, 9.17) is 4.74 Å². The van der Waals surface area contributed by atoms with E-state index in [1.165, 1.54) is 0 Å². The maximum atomic E-state index is 13.0. The van der Waals surface area contributed by atoms with Crippen LogP contribution in [0.4, 0.5) is 0 Å². The third-order valence-corrected chi connectivity index (χ3v) is 4.95. The highest BCUT2D eigenvalue weighted by Crippen LogP contribution is 2.26. The van der Waals surface area contributed by atoms with Gasteiger partial charge in [-0.3, -0.25) is 14.6 Å². The van der Waals surface area contributed by atoms with Crippen LogP contribution in [0, 0.1) is 6.92 Å². The Balaban J connectivity index is 1.52. The van der Waals surface area contributed by atoms with Gasteiger partial charge in [0.1, 0.15) is 17.9 Å². The second-order valence-corrected chi connectivity index (χ2v) is 7.23. The first-order valence-electron chi connectivity index (χ1n) is 9.36. The van der Waals surface area contributed by atoms with E-state index in [0.29, 0.717) is 18.5 Å². The quantitative estimate of drug-likeness (QED) is 0.883. The second kappa shape index (κ2) is 7.39. The van der Waals surface area contributed by atoms with E-state index in [1.807, 2.05) is 37.3 Å². The van der Waals surface area contributed by atoms with E-state index in [0.717, 1.165) is 24.3 Å². The largest absolute Gasteiger partial charge is 0.488 e. The molecule has 1 N–H and O–H groups in total. The molecule has 2 fully saturated rings. The second-order valence-electron chi connectivity index (χ2n) is 7.23. The zero-order valence-electron chi connectivity index (χ0n) is 15.3. The van der Waals surface area contributed by atoms with Gasteiger partial charge in [0, 0.05) is 24.4 Å². The summed E-state index contributed by atoms with van der Waals surface area (Å²) in [7, 11) is 0. The van der Waals surface area contributed by atoms with Crippen molar-refractivity contribution in [2.75, 3.05) is 6.54 Å². The average Bonchev–Trinajstić information content (AvgIpc) is 3.39. The van der Waals surface area contributed by atoms with Crippen molar-refractivity contribution in [3.8, 4) is 5.75 Å². The summed E-state index contributed by atoms with van der Waals surface area (Å²) in [5.41, 5.74) is 1.34. The number of para-hydroxylation sites is 1. The summed E-state index contributed by atoms with van der Waals surface area (Å²) in [6, 6.07) is 12.8. The van der Waals surface area contributed by atoms with Crippen LogP contribution in [0.1, 0.15) is 35.3 Å². The lowest BCUT2D eigenvalue weighted by molar-refractivity contribution is -0.125. The predicted octanol–water partition coefficient (Wildman–Crippen LogP) is 2.33. The van der Waals surface area contributed by atoms with Crippen LogP contribution in [0.25, 0.3) is 0 Å². The van der Waals surface area contributed by atoms with Crippen LogP contribution < -0.4 is 10.1 Å². The van der Waals surface area contributed by atoms with E-state index in [1.54, 1.807) is 23.2 Å². The van der Waals surface area contributed by atoms with Crippen molar-refractivity contribution in [3.63, 3.8) is 0 Å². The number of nitrogens with one attached hydrogen (secondary N) is 1. The molecule has 2 amide bonds. The average molecular weight is 365 g/mol. The number of carbonyl (C=O) groups excluding carboxylic acids is 2. The van der Waals surface area contributed by atoms with Crippen LogP contribution in [0.5, 0.6) is 5.75 Å². The molecule has 1 aromatic heterocycles. The molecule has 2 atom stereocenters. The van der Waals surface area contributed by atoms with Crippen LogP contribution in [-0.4, -0.2) is 46.4 Å². The van der Waals surface area contributed by atoms with E-state index >= 15 is 0 Å². The molecule has 2 heterocycles. The molecule has 1 aromatic carbocycles. The SMILES string of the molecule is Cc1ccc(C(=O)N2C[C@@H](Oc3ccccc3)C[C@H]2C(=O)NC2CC2)cn1. The molecule has 6 heteroatoms. The number of aromatic nitrogens is 1. The molecule has 0 bridgehead atoms. The summed E-state index contributed by atoms with van der Waals surface area (Å²) in [6.45, 7) is 2.25. The van der Waals surface area contributed by atoms with Gasteiger partial charge in [0.05, 0.1) is 12.1 Å². The number of likely N-dealkylation sites (tertiary alicyclic amines) is 1. The summed E-state index contributed by atoms with van der Waals surface area (Å²) >= 11 is 0. The first kappa shape index (κ1) is 17.5. The van der Waals surface area contributed by atoms with E-state index < -0.39 is 6.04 Å². The first-order valence-corrected chi connectivity index (χ1v) is 9.36. The van der Waals surface area contributed by atoms with Gasteiger partial charge in [0.2, 0.25) is 5.91 Å². The van der Waals surface area contributed by atoms with Crippen molar-refractivity contribution in [1.82, 2.24) is 15.2 Å². The highest BCUT2D eigenvalue weighted by molar-refractivity contribution is 5.98. The lowest BCUT2D eigenvalue weighted by Gasteiger charge is -2.23. The molecular formula is C21H23N3O3. The number of hydrogen-bond acceptors (Lipinski definition) is 4. The Morgan fingerprint density at radius 3 is 2.59 bits per heavy atom. The van der Waals surface area contributed by atoms with Gasteiger partial charge in [-0.2, -0.15) is 0 Å². The van der Waals surface area contributed by atoms with Crippen molar-refractivity contribution in [3.05, 3.63) is 59.9 Å². The van der Waals surface area contributed by atoms with Crippen LogP contribution in [0.3, 0.4) is 0 Å². The van der Waals surface area contributed by atoms with E-state index in [-0.39, 0.29) is 24.0 Å². The molecule has 2 aromatic rings. The van der Waals surface area contributed by atoms with Crippen molar-refractivity contribution >= 4 is 11.8 Å². The zero-order valence-corrected chi connectivity index (χ0v) is 15.3. The Kier molecular flexibility index (Phi) is 4.79. The van der Waals surface area contributed by atoms with Crippen molar-refractivity contribution < 1.29 is 14.3 Å². The smallest absolute Gasteiger partial charge is 0.256 e. The van der Waals surface area contributed by atoms with Gasteiger partial charge in [-0.15, -0.1) is 0 Å². The summed E-state index contributed by atoms with van der Waals surface area (Å²) in [5.74, 6) is 0.470. The Bertz CT molecular complexity index is 818. The third-order valence-electron chi connectivity index (χ3n) is 4.95. The summed E-state index contributed by atoms with van der Waals surface area (Å²) in [5, 5.41) is 3.02. The Hall–Kier alpha value is -2.89. The zero-order chi connectivity index (χ0) is 18.8. The molecule has 0 spiro atoms. The lowest BCUT2D eigenvalue weighted by atomic mass is 10.1. The molecule has 0 radical (unpaired) electrons. The minimum Gasteiger partial charge on any atom is -0.488 e. The fraction of sp³-hybridized carbons (Fsp3) is 0.381. The van der Waals surface area contributed by atoms with Crippen molar-refractivity contribution in [1.29, 1.82) is 0 Å². The number of pyridine rings is 1. The highest BCUT2D eigenvalue weighted by atomic mass is 16.5. The number of rotatable bonds is 5. The summed E-state index contributed by atoms with van der Waals surface area (Å²) in [4.78, 5) is 31.6. The monoisotopic (exact) mass is 365 g/mol. The Labute approximate surface area is 158 Å². The van der Waals surface area contributed by atoms with Gasteiger partial charge in [-0.1, -0.05) is 18.2 Å². The predicted molar refractivity (Wildman–Crippen MR) is 100 cm³/mol. The van der Waals surface area contributed by atoms with Crippen molar-refractivity contribution in [2.45, 2.75) is 44.4 Å². The highest BCUT2D eigenvalue weighted by Gasteiger charge is 2.42. The minimum atomic E-state index is -0.520. The molecular weight excluding hydrogens is 342 g/mol. The molecule has 4 rings (SSSR count).